The molecule has 4 aromatic rings. The van der Waals surface area contributed by atoms with Gasteiger partial charge in [-0.15, -0.1) is 0 Å². The fraction of sp³-hybridized carbons (Fsp3) is 0.303. The lowest BCUT2D eigenvalue weighted by molar-refractivity contribution is 0.102. The number of amides is 1. The molecule has 5 rings (SSSR count). The van der Waals surface area contributed by atoms with E-state index in [2.05, 4.69) is 25.9 Å². The molecule has 1 aliphatic carbocycles. The fourth-order valence-corrected chi connectivity index (χ4v) is 5.91. The van der Waals surface area contributed by atoms with Crippen molar-refractivity contribution in [2.24, 2.45) is 0 Å². The Labute approximate surface area is 275 Å². The Hall–Kier alpha value is -3.84. The number of nitrogens with one attached hydrogen (secondary N) is 3. The number of methoxy groups -OCH3 is 1. The van der Waals surface area contributed by atoms with Crippen molar-refractivity contribution in [1.82, 2.24) is 20.6 Å². The highest BCUT2D eigenvalue weighted by atomic mass is 35.5. The van der Waals surface area contributed by atoms with Crippen LogP contribution in [-0.2, 0) is 19.5 Å². The van der Waals surface area contributed by atoms with E-state index in [0.717, 1.165) is 22.3 Å². The topological polar surface area (TPSA) is 138 Å². The SMILES string of the molecule is COc1nc(O[C@H]2CCc3c(-c4cccc(C(=O)Nc5ccc(CNCCO)c(F)n5)c4Cl)cccc32)c(Cl)cc1CNCCO. The molecule has 0 bridgehead atoms. The third kappa shape index (κ3) is 7.58. The van der Waals surface area contributed by atoms with Gasteiger partial charge in [-0.3, -0.25) is 4.79 Å². The van der Waals surface area contributed by atoms with Crippen molar-refractivity contribution in [3.05, 3.63) is 98.4 Å². The monoisotopic (exact) mass is 669 g/mol. The summed E-state index contributed by atoms with van der Waals surface area (Å²) in [5.41, 5.74) is 4.81. The second kappa shape index (κ2) is 15.6. The summed E-state index contributed by atoms with van der Waals surface area (Å²) in [4.78, 5) is 21.6. The molecule has 0 aliphatic heterocycles. The molecule has 10 nitrogen and oxygen atoms in total. The Balaban J connectivity index is 1.35. The van der Waals surface area contributed by atoms with Crippen molar-refractivity contribution < 1.29 is 28.9 Å². The first kappa shape index (κ1) is 33.5. The van der Waals surface area contributed by atoms with Gasteiger partial charge in [0.1, 0.15) is 16.9 Å². The van der Waals surface area contributed by atoms with Crippen LogP contribution in [0.3, 0.4) is 0 Å². The van der Waals surface area contributed by atoms with E-state index in [1.165, 1.54) is 19.2 Å². The zero-order valence-corrected chi connectivity index (χ0v) is 26.6. The predicted octanol–water partition coefficient (Wildman–Crippen LogP) is 5.08. The number of anilines is 1. The van der Waals surface area contributed by atoms with Crippen LogP contribution in [-0.4, -0.2) is 59.5 Å². The summed E-state index contributed by atoms with van der Waals surface area (Å²) in [7, 11) is 1.52. The lowest BCUT2D eigenvalue weighted by Crippen LogP contribution is -2.19. The molecule has 13 heteroatoms. The number of carbonyl (C=O) groups excluding carboxylic acids is 1. The summed E-state index contributed by atoms with van der Waals surface area (Å²) in [6.45, 7) is 1.32. The van der Waals surface area contributed by atoms with Crippen LogP contribution in [0.1, 0.15) is 45.1 Å². The molecular formula is C33H34Cl2FN5O5. The number of ether oxygens (including phenoxy) is 2. The van der Waals surface area contributed by atoms with Gasteiger partial charge in [0.25, 0.3) is 5.91 Å². The number of aromatic nitrogens is 2. The number of hydrogen-bond donors (Lipinski definition) is 5. The van der Waals surface area contributed by atoms with Gasteiger partial charge in [0.2, 0.25) is 17.7 Å². The minimum Gasteiger partial charge on any atom is -0.481 e. The largest absolute Gasteiger partial charge is 0.481 e. The van der Waals surface area contributed by atoms with E-state index in [1.54, 1.807) is 18.2 Å². The van der Waals surface area contributed by atoms with Crippen LogP contribution in [0, 0.1) is 5.95 Å². The van der Waals surface area contributed by atoms with Crippen molar-refractivity contribution in [2.75, 3.05) is 38.7 Å². The minimum atomic E-state index is -0.722. The van der Waals surface area contributed by atoms with E-state index in [9.17, 15) is 9.18 Å². The summed E-state index contributed by atoms with van der Waals surface area (Å²) in [6, 6.07) is 15.8. The number of pyridine rings is 2. The van der Waals surface area contributed by atoms with Crippen molar-refractivity contribution in [1.29, 1.82) is 0 Å². The van der Waals surface area contributed by atoms with E-state index >= 15 is 0 Å². The van der Waals surface area contributed by atoms with Crippen LogP contribution in [0.4, 0.5) is 10.2 Å². The summed E-state index contributed by atoms with van der Waals surface area (Å²) in [6.07, 6.45) is 1.05. The summed E-state index contributed by atoms with van der Waals surface area (Å²) < 4.78 is 26.3. The molecule has 1 amide bonds. The quantitative estimate of drug-likeness (QED) is 0.0919. The number of nitrogens with zero attached hydrogens (tertiary/aromatic N) is 2. The summed E-state index contributed by atoms with van der Waals surface area (Å²) >= 11 is 13.4. The fourth-order valence-electron chi connectivity index (χ4n) is 5.37. The molecule has 46 heavy (non-hydrogen) atoms. The molecule has 2 aromatic carbocycles. The van der Waals surface area contributed by atoms with Crippen LogP contribution in [0.15, 0.2) is 54.6 Å². The second-order valence-electron chi connectivity index (χ2n) is 10.5. The van der Waals surface area contributed by atoms with Crippen LogP contribution >= 0.6 is 23.2 Å². The maximum Gasteiger partial charge on any atom is 0.258 e. The minimum absolute atomic E-state index is 0.00949. The van der Waals surface area contributed by atoms with Crippen LogP contribution < -0.4 is 25.4 Å². The number of aliphatic hydroxyl groups is 2. The molecule has 0 fully saturated rings. The maximum atomic E-state index is 14.5. The zero-order chi connectivity index (χ0) is 32.6. The molecule has 1 atom stereocenters. The number of fused-ring (bicyclic) bond motifs is 1. The molecule has 0 radical (unpaired) electrons. The van der Waals surface area contributed by atoms with Crippen LogP contribution in [0.2, 0.25) is 10.0 Å². The Morgan fingerprint density at radius 3 is 2.39 bits per heavy atom. The normalized spacial score (nSPS) is 13.8. The lowest BCUT2D eigenvalue weighted by atomic mass is 9.95. The van der Waals surface area contributed by atoms with Gasteiger partial charge < -0.3 is 35.6 Å². The molecule has 0 spiro atoms. The highest BCUT2D eigenvalue weighted by Gasteiger charge is 2.29. The van der Waals surface area contributed by atoms with Gasteiger partial charge in [0.15, 0.2) is 0 Å². The first-order chi connectivity index (χ1) is 22.3. The third-order valence-corrected chi connectivity index (χ3v) is 8.23. The number of halogens is 3. The van der Waals surface area contributed by atoms with E-state index in [4.69, 9.17) is 42.9 Å². The average Bonchev–Trinajstić information content (AvgIpc) is 3.46. The highest BCUT2D eigenvalue weighted by Crippen LogP contribution is 2.43. The molecule has 0 unspecified atom stereocenters. The molecule has 5 N–H and O–H groups in total. The number of hydrogen-bond acceptors (Lipinski definition) is 9. The van der Waals surface area contributed by atoms with Crippen LogP contribution in [0.25, 0.3) is 11.1 Å². The molecule has 1 aliphatic rings. The Bertz CT molecular complexity index is 1710. The van der Waals surface area contributed by atoms with Gasteiger partial charge in [-0.25, -0.2) is 4.98 Å². The molecule has 2 heterocycles. The van der Waals surface area contributed by atoms with Gasteiger partial charge in [0, 0.05) is 42.9 Å². The van der Waals surface area contributed by atoms with E-state index in [0.29, 0.717) is 54.5 Å². The number of aliphatic hydroxyl groups excluding tert-OH is 2. The van der Waals surface area contributed by atoms with Gasteiger partial charge in [-0.05, 0) is 53.8 Å². The predicted molar refractivity (Wildman–Crippen MR) is 174 cm³/mol. The van der Waals surface area contributed by atoms with Gasteiger partial charge in [0.05, 0.1) is 30.9 Å². The number of rotatable bonds is 14. The maximum absolute atomic E-state index is 14.5. The van der Waals surface area contributed by atoms with Crippen molar-refractivity contribution >= 4 is 34.9 Å². The summed E-state index contributed by atoms with van der Waals surface area (Å²) in [5, 5.41) is 27.2. The lowest BCUT2D eigenvalue weighted by Gasteiger charge is -2.18. The van der Waals surface area contributed by atoms with E-state index < -0.39 is 11.9 Å². The smallest absolute Gasteiger partial charge is 0.258 e. The molecule has 2 aromatic heterocycles. The Morgan fingerprint density at radius 2 is 1.67 bits per heavy atom. The first-order valence-corrected chi connectivity index (χ1v) is 15.5. The Kier molecular flexibility index (Phi) is 11.4. The van der Waals surface area contributed by atoms with E-state index in [1.807, 2.05) is 24.3 Å². The molecule has 242 valence electrons. The molecular weight excluding hydrogens is 636 g/mol. The highest BCUT2D eigenvalue weighted by molar-refractivity contribution is 6.37. The number of benzene rings is 2. The first-order valence-electron chi connectivity index (χ1n) is 14.7. The molecule has 0 saturated heterocycles. The summed E-state index contributed by atoms with van der Waals surface area (Å²) in [5.74, 6) is -0.565. The second-order valence-corrected chi connectivity index (χ2v) is 11.3. The van der Waals surface area contributed by atoms with Crippen molar-refractivity contribution in [3.8, 4) is 22.9 Å². The zero-order valence-electron chi connectivity index (χ0n) is 25.1. The van der Waals surface area contributed by atoms with Gasteiger partial charge in [-0.2, -0.15) is 9.37 Å². The standard InChI is InChI=1S/C33H34Cl2FN5O5/c1-45-32-20(18-38-13-15-43)16-26(34)33(41-32)46-27-10-9-22-21(4-2-5-23(22)27)24-6-3-7-25(29(24)35)31(44)40-28-11-8-19(30(36)39-28)17-37-12-14-42/h2-8,11,16,27,37-38,42-43H,9-10,12-15,17-18H2,1H3,(H,39,40,44)/t27-/m0/s1. The third-order valence-electron chi connectivity index (χ3n) is 7.56. The van der Waals surface area contributed by atoms with Gasteiger partial charge >= 0.3 is 0 Å². The average molecular weight is 671 g/mol. The molecule has 0 saturated carbocycles. The van der Waals surface area contributed by atoms with Gasteiger partial charge in [-0.1, -0.05) is 53.5 Å². The van der Waals surface area contributed by atoms with E-state index in [-0.39, 0.29) is 48.1 Å². The number of carbonyl (C=O) groups is 1. The van der Waals surface area contributed by atoms with Crippen molar-refractivity contribution in [2.45, 2.75) is 32.0 Å². The Morgan fingerprint density at radius 1 is 0.957 bits per heavy atom. The van der Waals surface area contributed by atoms with Crippen molar-refractivity contribution in [3.63, 3.8) is 0 Å². The van der Waals surface area contributed by atoms with Crippen LogP contribution in [0.5, 0.6) is 11.8 Å².